The van der Waals surface area contributed by atoms with Gasteiger partial charge < -0.3 is 14.6 Å². The van der Waals surface area contributed by atoms with Gasteiger partial charge in [0.15, 0.2) is 0 Å². The molecule has 102 valence electrons. The Morgan fingerprint density at radius 2 is 2.21 bits per heavy atom. The third-order valence-electron chi connectivity index (χ3n) is 2.53. The van der Waals surface area contributed by atoms with E-state index < -0.39 is 0 Å². The molecular formula is C13H16ClN3O2. The molecule has 6 heteroatoms. The van der Waals surface area contributed by atoms with Crippen molar-refractivity contribution >= 4 is 11.6 Å². The van der Waals surface area contributed by atoms with Crippen LogP contribution in [0.1, 0.15) is 19.7 Å². The molecule has 0 spiro atoms. The molecule has 0 unspecified atom stereocenters. The van der Waals surface area contributed by atoms with Gasteiger partial charge in [0.1, 0.15) is 5.75 Å². The summed E-state index contributed by atoms with van der Waals surface area (Å²) in [4.78, 5) is 4.33. The summed E-state index contributed by atoms with van der Waals surface area (Å²) in [6, 6.07) is 5.66. The van der Waals surface area contributed by atoms with Gasteiger partial charge in [-0.05, 0) is 18.2 Å². The molecule has 1 heterocycles. The van der Waals surface area contributed by atoms with E-state index in [9.17, 15) is 0 Å². The van der Waals surface area contributed by atoms with Crippen LogP contribution in [0.2, 0.25) is 5.02 Å². The number of aromatic nitrogens is 2. The van der Waals surface area contributed by atoms with E-state index >= 15 is 0 Å². The van der Waals surface area contributed by atoms with Crippen molar-refractivity contribution in [2.45, 2.75) is 26.4 Å². The van der Waals surface area contributed by atoms with Crippen LogP contribution in [0.15, 0.2) is 22.7 Å². The van der Waals surface area contributed by atoms with E-state index in [-0.39, 0.29) is 0 Å². The summed E-state index contributed by atoms with van der Waals surface area (Å²) < 4.78 is 10.5. The fraction of sp³-hybridized carbons (Fsp3) is 0.385. The molecule has 0 radical (unpaired) electrons. The lowest BCUT2D eigenvalue weighted by molar-refractivity contribution is 0.361. The molecule has 0 aliphatic carbocycles. The van der Waals surface area contributed by atoms with Crippen LogP contribution in [0, 0.1) is 0 Å². The van der Waals surface area contributed by atoms with E-state index in [4.69, 9.17) is 20.9 Å². The number of hydrogen-bond donors (Lipinski definition) is 1. The molecular weight excluding hydrogens is 266 g/mol. The SMILES string of the molecule is COc1cc(Cl)ccc1-c1noc(CNC(C)C)n1. The molecule has 0 fully saturated rings. The molecule has 0 atom stereocenters. The molecule has 5 nitrogen and oxygen atoms in total. The summed E-state index contributed by atoms with van der Waals surface area (Å²) in [6.07, 6.45) is 0. The summed E-state index contributed by atoms with van der Waals surface area (Å²) in [5.74, 6) is 1.66. The van der Waals surface area contributed by atoms with Gasteiger partial charge in [0, 0.05) is 11.1 Å². The Morgan fingerprint density at radius 3 is 2.89 bits per heavy atom. The van der Waals surface area contributed by atoms with Crippen molar-refractivity contribution in [1.29, 1.82) is 0 Å². The van der Waals surface area contributed by atoms with Crippen LogP contribution in [-0.4, -0.2) is 23.3 Å². The second kappa shape index (κ2) is 6.04. The zero-order valence-electron chi connectivity index (χ0n) is 11.1. The van der Waals surface area contributed by atoms with Gasteiger partial charge in [-0.25, -0.2) is 0 Å². The zero-order valence-corrected chi connectivity index (χ0v) is 11.9. The number of methoxy groups -OCH3 is 1. The van der Waals surface area contributed by atoms with E-state index in [2.05, 4.69) is 29.3 Å². The fourth-order valence-electron chi connectivity index (χ4n) is 1.58. The molecule has 0 aliphatic rings. The minimum absolute atomic E-state index is 0.361. The van der Waals surface area contributed by atoms with Crippen LogP contribution in [0.5, 0.6) is 5.75 Å². The maximum absolute atomic E-state index is 5.92. The first kappa shape index (κ1) is 13.8. The lowest BCUT2D eigenvalue weighted by Gasteiger charge is -2.05. The van der Waals surface area contributed by atoms with E-state index in [0.29, 0.717) is 35.1 Å². The number of nitrogens with one attached hydrogen (secondary N) is 1. The number of halogens is 1. The van der Waals surface area contributed by atoms with Crippen LogP contribution in [0.4, 0.5) is 0 Å². The van der Waals surface area contributed by atoms with Gasteiger partial charge in [0.2, 0.25) is 11.7 Å². The predicted molar refractivity (Wildman–Crippen MR) is 73.3 cm³/mol. The van der Waals surface area contributed by atoms with E-state index in [1.54, 1.807) is 19.2 Å². The third kappa shape index (κ3) is 3.45. The first-order valence-corrected chi connectivity index (χ1v) is 6.38. The summed E-state index contributed by atoms with van der Waals surface area (Å²) in [7, 11) is 1.58. The van der Waals surface area contributed by atoms with Gasteiger partial charge in [-0.3, -0.25) is 0 Å². The molecule has 0 amide bonds. The van der Waals surface area contributed by atoms with E-state index in [1.165, 1.54) is 0 Å². The lowest BCUT2D eigenvalue weighted by Crippen LogP contribution is -2.21. The summed E-state index contributed by atoms with van der Waals surface area (Å²) in [6.45, 7) is 4.65. The van der Waals surface area contributed by atoms with Gasteiger partial charge in [0.05, 0.1) is 19.2 Å². The van der Waals surface area contributed by atoms with Gasteiger partial charge in [0.25, 0.3) is 0 Å². The Bertz CT molecular complexity index is 555. The van der Waals surface area contributed by atoms with Crippen molar-refractivity contribution in [3.8, 4) is 17.1 Å². The quantitative estimate of drug-likeness (QED) is 0.913. The molecule has 1 aromatic carbocycles. The Balaban J connectivity index is 2.22. The van der Waals surface area contributed by atoms with Crippen molar-refractivity contribution in [2.24, 2.45) is 0 Å². The molecule has 0 aliphatic heterocycles. The standard InChI is InChI=1S/C13H16ClN3O2/c1-8(2)15-7-12-16-13(17-19-12)10-5-4-9(14)6-11(10)18-3/h4-6,8,15H,7H2,1-3H3. The van der Waals surface area contributed by atoms with Gasteiger partial charge in [-0.2, -0.15) is 4.98 Å². The summed E-state index contributed by atoms with van der Waals surface area (Å²) >= 11 is 5.92. The molecule has 0 bridgehead atoms. The maximum Gasteiger partial charge on any atom is 0.240 e. The Hall–Kier alpha value is -1.59. The number of nitrogens with zero attached hydrogens (tertiary/aromatic N) is 2. The minimum atomic E-state index is 0.361. The monoisotopic (exact) mass is 281 g/mol. The van der Waals surface area contributed by atoms with Gasteiger partial charge in [-0.1, -0.05) is 30.6 Å². The molecule has 0 saturated heterocycles. The topological polar surface area (TPSA) is 60.2 Å². The van der Waals surface area contributed by atoms with Crippen LogP contribution < -0.4 is 10.1 Å². The highest BCUT2D eigenvalue weighted by Gasteiger charge is 2.13. The van der Waals surface area contributed by atoms with Crippen LogP contribution >= 0.6 is 11.6 Å². The smallest absolute Gasteiger partial charge is 0.240 e. The van der Waals surface area contributed by atoms with E-state index in [1.807, 2.05) is 6.07 Å². The fourth-order valence-corrected chi connectivity index (χ4v) is 1.74. The van der Waals surface area contributed by atoms with Crippen LogP contribution in [0.25, 0.3) is 11.4 Å². The van der Waals surface area contributed by atoms with Crippen LogP contribution in [-0.2, 0) is 6.54 Å². The molecule has 0 saturated carbocycles. The highest BCUT2D eigenvalue weighted by Crippen LogP contribution is 2.30. The lowest BCUT2D eigenvalue weighted by atomic mass is 10.2. The van der Waals surface area contributed by atoms with Crippen molar-refractivity contribution in [3.05, 3.63) is 29.1 Å². The molecule has 2 aromatic rings. The Kier molecular flexibility index (Phi) is 4.39. The van der Waals surface area contributed by atoms with Crippen molar-refractivity contribution in [2.75, 3.05) is 7.11 Å². The molecule has 2 rings (SSSR count). The zero-order chi connectivity index (χ0) is 13.8. The number of ether oxygens (including phenoxy) is 1. The van der Waals surface area contributed by atoms with Gasteiger partial charge >= 0.3 is 0 Å². The number of benzene rings is 1. The Morgan fingerprint density at radius 1 is 1.42 bits per heavy atom. The number of hydrogen-bond acceptors (Lipinski definition) is 5. The maximum atomic E-state index is 5.92. The van der Waals surface area contributed by atoms with Crippen molar-refractivity contribution in [1.82, 2.24) is 15.5 Å². The second-order valence-corrected chi connectivity index (χ2v) is 4.83. The molecule has 1 aromatic heterocycles. The largest absolute Gasteiger partial charge is 0.496 e. The van der Waals surface area contributed by atoms with Gasteiger partial charge in [-0.15, -0.1) is 0 Å². The number of rotatable bonds is 5. The highest BCUT2D eigenvalue weighted by atomic mass is 35.5. The molecule has 19 heavy (non-hydrogen) atoms. The van der Waals surface area contributed by atoms with Crippen molar-refractivity contribution < 1.29 is 9.26 Å². The normalized spacial score (nSPS) is 11.0. The first-order valence-electron chi connectivity index (χ1n) is 6.00. The predicted octanol–water partition coefficient (Wildman–Crippen LogP) is 2.90. The average molecular weight is 282 g/mol. The van der Waals surface area contributed by atoms with Crippen LogP contribution in [0.3, 0.4) is 0 Å². The minimum Gasteiger partial charge on any atom is -0.496 e. The third-order valence-corrected chi connectivity index (χ3v) is 2.77. The highest BCUT2D eigenvalue weighted by molar-refractivity contribution is 6.30. The Labute approximate surface area is 116 Å². The van der Waals surface area contributed by atoms with E-state index in [0.717, 1.165) is 5.56 Å². The first-order chi connectivity index (χ1) is 9.10. The van der Waals surface area contributed by atoms with Crippen molar-refractivity contribution in [3.63, 3.8) is 0 Å². The average Bonchev–Trinajstić information content (AvgIpc) is 2.84. The summed E-state index contributed by atoms with van der Waals surface area (Å²) in [5.41, 5.74) is 0.756. The summed E-state index contributed by atoms with van der Waals surface area (Å²) in [5, 5.41) is 7.77. The second-order valence-electron chi connectivity index (χ2n) is 4.39. The molecule has 1 N–H and O–H groups in total.